The van der Waals surface area contributed by atoms with Crippen molar-refractivity contribution in [2.75, 3.05) is 6.54 Å². The number of nitrogens with zero attached hydrogens (tertiary/aromatic N) is 1. The van der Waals surface area contributed by atoms with E-state index in [1.165, 1.54) is 4.88 Å². The molecule has 0 saturated carbocycles. The van der Waals surface area contributed by atoms with Gasteiger partial charge in [-0.25, -0.2) is 4.98 Å². The Bertz CT molecular complexity index is 731. The summed E-state index contributed by atoms with van der Waals surface area (Å²) < 4.78 is 0. The molecule has 2 aromatic heterocycles. The number of H-pyrrole nitrogens is 1. The van der Waals surface area contributed by atoms with Crippen LogP contribution >= 0.6 is 11.3 Å². The maximum Gasteiger partial charge on any atom is 0.251 e. The van der Waals surface area contributed by atoms with Crippen molar-refractivity contribution in [1.29, 1.82) is 0 Å². The number of carbonyl (C=O) groups is 1. The number of amides is 1. The average Bonchev–Trinajstić information content (AvgIpc) is 3.05. The van der Waals surface area contributed by atoms with E-state index in [-0.39, 0.29) is 5.91 Å². The smallest absolute Gasteiger partial charge is 0.251 e. The van der Waals surface area contributed by atoms with E-state index in [2.05, 4.69) is 21.4 Å². The third-order valence-electron chi connectivity index (χ3n) is 3.10. The van der Waals surface area contributed by atoms with Gasteiger partial charge in [-0.05, 0) is 43.0 Å². The fourth-order valence-corrected chi connectivity index (χ4v) is 2.84. The minimum atomic E-state index is -0.0456. The molecule has 0 spiro atoms. The van der Waals surface area contributed by atoms with Gasteiger partial charge in [-0.2, -0.15) is 0 Å². The van der Waals surface area contributed by atoms with Crippen LogP contribution in [0.4, 0.5) is 0 Å². The van der Waals surface area contributed by atoms with E-state index in [1.807, 2.05) is 36.6 Å². The van der Waals surface area contributed by atoms with Crippen LogP contribution < -0.4 is 5.32 Å². The van der Waals surface area contributed by atoms with Crippen LogP contribution in [0.2, 0.25) is 0 Å². The molecule has 0 atom stereocenters. The van der Waals surface area contributed by atoms with Crippen LogP contribution in [0.15, 0.2) is 35.7 Å². The van der Waals surface area contributed by atoms with Gasteiger partial charge in [-0.15, -0.1) is 11.3 Å². The predicted molar refractivity (Wildman–Crippen MR) is 81.2 cm³/mol. The van der Waals surface area contributed by atoms with E-state index >= 15 is 0 Å². The topological polar surface area (TPSA) is 57.8 Å². The molecule has 0 aliphatic heterocycles. The van der Waals surface area contributed by atoms with Crippen LogP contribution in [0.1, 0.15) is 21.1 Å². The molecule has 3 rings (SSSR count). The molecule has 20 heavy (non-hydrogen) atoms. The number of benzene rings is 1. The van der Waals surface area contributed by atoms with Crippen LogP contribution in [-0.4, -0.2) is 22.4 Å². The number of carbonyl (C=O) groups excluding carboxylic acids is 1. The lowest BCUT2D eigenvalue weighted by molar-refractivity contribution is 0.0954. The number of aromatic nitrogens is 2. The fourth-order valence-electron chi connectivity index (χ4n) is 2.13. The Balaban J connectivity index is 1.65. The van der Waals surface area contributed by atoms with Gasteiger partial charge in [-0.1, -0.05) is 6.07 Å². The Morgan fingerprint density at radius 1 is 1.40 bits per heavy atom. The highest BCUT2D eigenvalue weighted by Gasteiger charge is 2.07. The Hall–Kier alpha value is -2.14. The standard InChI is InChI=1S/C15H15N3OS/c1-10-17-13-5-4-11(9-14(13)18-10)15(19)16-7-6-12-3-2-8-20-12/h2-5,8-9H,6-7H2,1H3,(H,16,19)(H,17,18). The average molecular weight is 285 g/mol. The normalized spacial score (nSPS) is 10.8. The summed E-state index contributed by atoms with van der Waals surface area (Å²) in [6.45, 7) is 2.56. The summed E-state index contributed by atoms with van der Waals surface area (Å²) in [7, 11) is 0. The van der Waals surface area contributed by atoms with Crippen molar-refractivity contribution in [1.82, 2.24) is 15.3 Å². The lowest BCUT2D eigenvalue weighted by Gasteiger charge is -2.04. The van der Waals surface area contributed by atoms with E-state index in [1.54, 1.807) is 11.3 Å². The second-order valence-corrected chi connectivity index (χ2v) is 5.67. The molecular weight excluding hydrogens is 270 g/mol. The SMILES string of the molecule is Cc1nc2ccc(C(=O)NCCc3cccs3)cc2[nH]1. The zero-order valence-corrected chi connectivity index (χ0v) is 12.0. The molecule has 5 heteroatoms. The van der Waals surface area contributed by atoms with Gasteiger partial charge < -0.3 is 10.3 Å². The molecule has 0 unspecified atom stereocenters. The van der Waals surface area contributed by atoms with Gasteiger partial charge in [0.05, 0.1) is 11.0 Å². The lowest BCUT2D eigenvalue weighted by Crippen LogP contribution is -2.25. The number of nitrogens with one attached hydrogen (secondary N) is 2. The number of thiophene rings is 1. The summed E-state index contributed by atoms with van der Waals surface area (Å²) in [6.07, 6.45) is 0.870. The summed E-state index contributed by atoms with van der Waals surface area (Å²) in [6, 6.07) is 9.62. The summed E-state index contributed by atoms with van der Waals surface area (Å²) in [4.78, 5) is 20.8. The van der Waals surface area contributed by atoms with E-state index in [0.29, 0.717) is 12.1 Å². The minimum absolute atomic E-state index is 0.0456. The quantitative estimate of drug-likeness (QED) is 0.774. The first-order valence-corrected chi connectivity index (χ1v) is 7.37. The molecule has 102 valence electrons. The predicted octanol–water partition coefficient (Wildman–Crippen LogP) is 2.91. The molecule has 0 saturated heterocycles. The number of hydrogen-bond donors (Lipinski definition) is 2. The van der Waals surface area contributed by atoms with E-state index < -0.39 is 0 Å². The third kappa shape index (κ3) is 2.72. The second kappa shape index (κ2) is 5.46. The van der Waals surface area contributed by atoms with Gasteiger partial charge in [0.1, 0.15) is 5.82 Å². The molecule has 0 fully saturated rings. The van der Waals surface area contributed by atoms with Crippen LogP contribution in [-0.2, 0) is 6.42 Å². The number of hydrogen-bond acceptors (Lipinski definition) is 3. The Kier molecular flexibility index (Phi) is 3.52. The third-order valence-corrected chi connectivity index (χ3v) is 4.04. The minimum Gasteiger partial charge on any atom is -0.352 e. The van der Waals surface area contributed by atoms with Gasteiger partial charge in [0.15, 0.2) is 0 Å². The van der Waals surface area contributed by atoms with Crippen molar-refractivity contribution in [3.05, 3.63) is 52.0 Å². The maximum absolute atomic E-state index is 12.1. The van der Waals surface area contributed by atoms with Crippen molar-refractivity contribution >= 4 is 28.3 Å². The molecule has 0 aliphatic carbocycles. The Labute approximate surface area is 120 Å². The molecule has 0 aliphatic rings. The zero-order chi connectivity index (χ0) is 13.9. The summed E-state index contributed by atoms with van der Waals surface area (Å²) in [5.74, 6) is 0.811. The number of imidazole rings is 1. The molecule has 2 N–H and O–H groups in total. The zero-order valence-electron chi connectivity index (χ0n) is 11.1. The highest BCUT2D eigenvalue weighted by Crippen LogP contribution is 2.13. The van der Waals surface area contributed by atoms with Crippen molar-refractivity contribution in [3.8, 4) is 0 Å². The molecule has 0 bridgehead atoms. The number of fused-ring (bicyclic) bond motifs is 1. The molecule has 0 radical (unpaired) electrons. The van der Waals surface area contributed by atoms with Gasteiger partial charge in [0, 0.05) is 17.0 Å². The van der Waals surface area contributed by atoms with Crippen molar-refractivity contribution < 1.29 is 4.79 Å². The van der Waals surface area contributed by atoms with Gasteiger partial charge in [0.25, 0.3) is 5.91 Å². The van der Waals surface area contributed by atoms with E-state index in [4.69, 9.17) is 0 Å². The number of rotatable bonds is 4. The highest BCUT2D eigenvalue weighted by atomic mass is 32.1. The van der Waals surface area contributed by atoms with Gasteiger partial charge in [-0.3, -0.25) is 4.79 Å². The molecule has 1 amide bonds. The van der Waals surface area contributed by atoms with Crippen LogP contribution in [0, 0.1) is 6.92 Å². The van der Waals surface area contributed by atoms with Crippen molar-refractivity contribution in [2.45, 2.75) is 13.3 Å². The molecular formula is C15H15N3OS. The van der Waals surface area contributed by atoms with E-state index in [9.17, 15) is 4.79 Å². The first-order valence-electron chi connectivity index (χ1n) is 6.49. The van der Waals surface area contributed by atoms with Crippen LogP contribution in [0.5, 0.6) is 0 Å². The van der Waals surface area contributed by atoms with E-state index in [0.717, 1.165) is 23.3 Å². The van der Waals surface area contributed by atoms with Crippen LogP contribution in [0.25, 0.3) is 11.0 Å². The van der Waals surface area contributed by atoms with Crippen LogP contribution in [0.3, 0.4) is 0 Å². The Morgan fingerprint density at radius 2 is 2.30 bits per heavy atom. The Morgan fingerprint density at radius 3 is 3.10 bits per heavy atom. The first kappa shape index (κ1) is 12.9. The van der Waals surface area contributed by atoms with Crippen molar-refractivity contribution in [3.63, 3.8) is 0 Å². The highest BCUT2D eigenvalue weighted by molar-refractivity contribution is 7.09. The van der Waals surface area contributed by atoms with Crippen molar-refractivity contribution in [2.24, 2.45) is 0 Å². The fraction of sp³-hybridized carbons (Fsp3) is 0.200. The summed E-state index contributed by atoms with van der Waals surface area (Å²) in [5, 5.41) is 4.99. The number of aryl methyl sites for hydroxylation is 1. The molecule has 4 nitrogen and oxygen atoms in total. The number of aromatic amines is 1. The monoisotopic (exact) mass is 285 g/mol. The molecule has 2 heterocycles. The largest absolute Gasteiger partial charge is 0.352 e. The second-order valence-electron chi connectivity index (χ2n) is 4.64. The summed E-state index contributed by atoms with van der Waals surface area (Å²) >= 11 is 1.71. The molecule has 1 aromatic carbocycles. The van der Waals surface area contributed by atoms with Gasteiger partial charge >= 0.3 is 0 Å². The maximum atomic E-state index is 12.1. The lowest BCUT2D eigenvalue weighted by atomic mass is 10.2. The molecule has 3 aromatic rings. The summed E-state index contributed by atoms with van der Waals surface area (Å²) in [5.41, 5.74) is 2.44. The first-order chi connectivity index (χ1) is 9.72. The van der Waals surface area contributed by atoms with Gasteiger partial charge in [0.2, 0.25) is 0 Å².